The van der Waals surface area contributed by atoms with E-state index in [-0.39, 0.29) is 29.3 Å². The normalized spacial score (nSPS) is 28.2. The summed E-state index contributed by atoms with van der Waals surface area (Å²) in [4.78, 5) is 24.1. The molecule has 3 N–H and O–H groups in total. The maximum Gasteiger partial charge on any atom is 0.315 e. The van der Waals surface area contributed by atoms with Crippen molar-refractivity contribution in [3.8, 4) is 0 Å². The molecule has 3 atom stereocenters. The van der Waals surface area contributed by atoms with Crippen LogP contribution in [0.2, 0.25) is 0 Å². The molecular formula is C22H33N3O2. The number of anilines is 1. The van der Waals surface area contributed by atoms with Crippen molar-refractivity contribution in [2.45, 2.75) is 66.5 Å². The fourth-order valence-electron chi connectivity index (χ4n) is 4.81. The zero-order valence-corrected chi connectivity index (χ0v) is 17.2. The lowest BCUT2D eigenvalue weighted by atomic mass is 9.69. The summed E-state index contributed by atoms with van der Waals surface area (Å²) in [7, 11) is 0. The van der Waals surface area contributed by atoms with Crippen molar-refractivity contribution in [3.05, 3.63) is 29.8 Å². The van der Waals surface area contributed by atoms with E-state index in [1.54, 1.807) is 0 Å². The molecule has 3 amide bonds. The lowest BCUT2D eigenvalue weighted by Crippen LogP contribution is -2.49. The molecule has 27 heavy (non-hydrogen) atoms. The number of nitrogens with one attached hydrogen (secondary N) is 3. The summed E-state index contributed by atoms with van der Waals surface area (Å²) in [5, 5.41) is 9.06. The molecular weight excluding hydrogens is 338 g/mol. The Morgan fingerprint density at radius 3 is 2.33 bits per heavy atom. The first-order valence-electron chi connectivity index (χ1n) is 10.1. The topological polar surface area (TPSA) is 70.2 Å². The lowest BCUT2D eigenvalue weighted by molar-refractivity contribution is -0.118. The van der Waals surface area contributed by atoms with E-state index in [1.807, 2.05) is 38.1 Å². The van der Waals surface area contributed by atoms with Gasteiger partial charge in [0.05, 0.1) is 0 Å². The predicted molar refractivity (Wildman–Crippen MR) is 108 cm³/mol. The number of urea groups is 1. The highest BCUT2D eigenvalue weighted by molar-refractivity contribution is 5.92. The standard InChI is InChI=1S/C22H33N3O2/c1-14(2)19(26)24-17-8-6-15(7-9-17)13-23-20(27)25-18-12-16-10-11-22(18,5)21(16,3)4/h6-9,14,16,18H,10-13H2,1-5H3,(H,24,26)(H2,23,25,27)/t16-,18+,22-/m1/s1. The number of rotatable bonds is 5. The van der Waals surface area contributed by atoms with Crippen LogP contribution in [0, 0.1) is 22.7 Å². The van der Waals surface area contributed by atoms with Crippen LogP contribution < -0.4 is 16.0 Å². The quantitative estimate of drug-likeness (QED) is 0.722. The van der Waals surface area contributed by atoms with Crippen LogP contribution in [-0.4, -0.2) is 18.0 Å². The Morgan fingerprint density at radius 2 is 1.81 bits per heavy atom. The molecule has 0 unspecified atom stereocenters. The molecule has 0 spiro atoms. The van der Waals surface area contributed by atoms with Crippen LogP contribution in [0.25, 0.3) is 0 Å². The molecule has 2 fully saturated rings. The van der Waals surface area contributed by atoms with Crippen molar-refractivity contribution < 1.29 is 9.59 Å². The number of hydrogen-bond acceptors (Lipinski definition) is 2. The third-order valence-corrected chi connectivity index (χ3v) is 7.30. The highest BCUT2D eigenvalue weighted by Crippen LogP contribution is 2.65. The zero-order valence-electron chi connectivity index (χ0n) is 17.2. The Balaban J connectivity index is 1.49. The average Bonchev–Trinajstić information content (AvgIpc) is 2.94. The second-order valence-electron chi connectivity index (χ2n) is 9.33. The molecule has 2 aliphatic carbocycles. The molecule has 0 heterocycles. The third kappa shape index (κ3) is 3.69. The maximum atomic E-state index is 12.4. The van der Waals surface area contributed by atoms with Gasteiger partial charge in [0.15, 0.2) is 0 Å². The molecule has 2 saturated carbocycles. The number of fused-ring (bicyclic) bond motifs is 2. The number of carbonyl (C=O) groups excluding carboxylic acids is 2. The second kappa shape index (κ2) is 7.17. The molecule has 2 bridgehead atoms. The Labute approximate surface area is 162 Å². The van der Waals surface area contributed by atoms with Gasteiger partial charge >= 0.3 is 6.03 Å². The van der Waals surface area contributed by atoms with E-state index in [0.29, 0.717) is 17.9 Å². The van der Waals surface area contributed by atoms with Gasteiger partial charge in [-0.3, -0.25) is 4.79 Å². The van der Waals surface area contributed by atoms with Crippen LogP contribution in [0.5, 0.6) is 0 Å². The first-order valence-corrected chi connectivity index (χ1v) is 10.1. The number of amides is 3. The molecule has 1 aromatic carbocycles. The van der Waals surface area contributed by atoms with E-state index < -0.39 is 0 Å². The number of carbonyl (C=O) groups is 2. The van der Waals surface area contributed by atoms with Crippen LogP contribution in [0.4, 0.5) is 10.5 Å². The average molecular weight is 372 g/mol. The van der Waals surface area contributed by atoms with Gasteiger partial charge < -0.3 is 16.0 Å². The summed E-state index contributed by atoms with van der Waals surface area (Å²) in [5.41, 5.74) is 2.26. The Bertz CT molecular complexity index is 711. The van der Waals surface area contributed by atoms with Gasteiger partial charge in [-0.2, -0.15) is 0 Å². The van der Waals surface area contributed by atoms with Gasteiger partial charge in [0, 0.05) is 24.2 Å². The molecule has 1 aromatic rings. The van der Waals surface area contributed by atoms with Gasteiger partial charge in [-0.25, -0.2) is 4.79 Å². The summed E-state index contributed by atoms with van der Waals surface area (Å²) in [6.45, 7) is 11.2. The van der Waals surface area contributed by atoms with E-state index in [2.05, 4.69) is 36.7 Å². The van der Waals surface area contributed by atoms with Crippen LogP contribution in [0.1, 0.15) is 59.4 Å². The minimum Gasteiger partial charge on any atom is -0.335 e. The SMILES string of the molecule is CC(C)C(=O)Nc1ccc(CNC(=O)N[C@H]2C[C@H]3CC[C@@]2(C)C3(C)C)cc1. The van der Waals surface area contributed by atoms with E-state index in [4.69, 9.17) is 0 Å². The molecule has 2 aliphatic rings. The largest absolute Gasteiger partial charge is 0.335 e. The highest BCUT2D eigenvalue weighted by atomic mass is 16.2. The van der Waals surface area contributed by atoms with E-state index in [1.165, 1.54) is 12.8 Å². The van der Waals surface area contributed by atoms with Crippen LogP contribution >= 0.6 is 0 Å². The second-order valence-corrected chi connectivity index (χ2v) is 9.33. The Hall–Kier alpha value is -2.04. The van der Waals surface area contributed by atoms with E-state index >= 15 is 0 Å². The number of benzene rings is 1. The smallest absolute Gasteiger partial charge is 0.315 e. The van der Waals surface area contributed by atoms with Gasteiger partial charge in [-0.15, -0.1) is 0 Å². The minimum absolute atomic E-state index is 0.00235. The summed E-state index contributed by atoms with van der Waals surface area (Å²) in [5.74, 6) is 0.664. The van der Waals surface area contributed by atoms with Crippen LogP contribution in [-0.2, 0) is 11.3 Å². The van der Waals surface area contributed by atoms with Crippen molar-refractivity contribution >= 4 is 17.6 Å². The molecule has 148 valence electrons. The summed E-state index contributed by atoms with van der Waals surface area (Å²) in [6, 6.07) is 7.75. The monoisotopic (exact) mass is 371 g/mol. The van der Waals surface area contributed by atoms with Crippen LogP contribution in [0.15, 0.2) is 24.3 Å². The zero-order chi connectivity index (χ0) is 19.8. The van der Waals surface area contributed by atoms with Crippen molar-refractivity contribution in [2.24, 2.45) is 22.7 Å². The molecule has 0 aliphatic heterocycles. The van der Waals surface area contributed by atoms with Gasteiger partial charge in [0.25, 0.3) is 0 Å². The molecule has 0 saturated heterocycles. The van der Waals surface area contributed by atoms with Gasteiger partial charge in [0.1, 0.15) is 0 Å². The summed E-state index contributed by atoms with van der Waals surface area (Å²) >= 11 is 0. The van der Waals surface area contributed by atoms with Crippen molar-refractivity contribution in [1.82, 2.24) is 10.6 Å². The van der Waals surface area contributed by atoms with Crippen molar-refractivity contribution in [1.29, 1.82) is 0 Å². The number of hydrogen-bond donors (Lipinski definition) is 3. The predicted octanol–water partition coefficient (Wildman–Crippen LogP) is 4.30. The van der Waals surface area contributed by atoms with Crippen LogP contribution in [0.3, 0.4) is 0 Å². The first kappa shape index (κ1) is 19.7. The van der Waals surface area contributed by atoms with E-state index in [0.717, 1.165) is 17.7 Å². The summed E-state index contributed by atoms with van der Waals surface area (Å²) < 4.78 is 0. The highest BCUT2D eigenvalue weighted by Gasteiger charge is 2.61. The van der Waals surface area contributed by atoms with Crippen molar-refractivity contribution in [3.63, 3.8) is 0 Å². The third-order valence-electron chi connectivity index (χ3n) is 7.30. The molecule has 5 heteroatoms. The lowest BCUT2D eigenvalue weighted by Gasteiger charge is -2.39. The molecule has 3 rings (SSSR count). The van der Waals surface area contributed by atoms with Gasteiger partial charge in [-0.1, -0.05) is 46.8 Å². The van der Waals surface area contributed by atoms with Gasteiger partial charge in [0.2, 0.25) is 5.91 Å². The molecule has 5 nitrogen and oxygen atoms in total. The van der Waals surface area contributed by atoms with E-state index in [9.17, 15) is 9.59 Å². The van der Waals surface area contributed by atoms with Gasteiger partial charge in [-0.05, 0) is 53.7 Å². The fraction of sp³-hybridized carbons (Fsp3) is 0.636. The Kier molecular flexibility index (Phi) is 5.24. The molecule has 0 aromatic heterocycles. The van der Waals surface area contributed by atoms with Crippen molar-refractivity contribution in [2.75, 3.05) is 5.32 Å². The summed E-state index contributed by atoms with van der Waals surface area (Å²) in [6.07, 6.45) is 3.56. The minimum atomic E-state index is -0.0956. The first-order chi connectivity index (χ1) is 12.6. The maximum absolute atomic E-state index is 12.4. The fourth-order valence-corrected chi connectivity index (χ4v) is 4.81. The Morgan fingerprint density at radius 1 is 1.15 bits per heavy atom. The molecule has 0 radical (unpaired) electrons.